The molecule has 2 aliphatic rings. The van der Waals surface area contributed by atoms with Crippen molar-refractivity contribution in [2.45, 2.75) is 0 Å². The summed E-state index contributed by atoms with van der Waals surface area (Å²) in [5.41, 5.74) is 8.15. The first kappa shape index (κ1) is 22.3. The number of nitrogens with one attached hydrogen (secondary N) is 2. The first-order chi connectivity index (χ1) is 15.7. The molecular weight excluding hydrogens is 406 g/mol. The molecular formula is C23H33N7O2. The highest BCUT2D eigenvalue weighted by molar-refractivity contribution is 5.78. The summed E-state index contributed by atoms with van der Waals surface area (Å²) in [6, 6.07) is 7.88. The molecule has 1 aromatic heterocycles. The van der Waals surface area contributed by atoms with Crippen LogP contribution in [-0.2, 0) is 4.74 Å². The lowest BCUT2D eigenvalue weighted by Crippen LogP contribution is -2.45. The van der Waals surface area contributed by atoms with E-state index in [1.807, 2.05) is 36.4 Å². The maximum atomic E-state index is 6.51. The summed E-state index contributed by atoms with van der Waals surface area (Å²) in [5.74, 6) is 2.91. The number of hydrogen-bond donors (Lipinski definition) is 3. The number of hydrogen-bond acceptors (Lipinski definition) is 9. The Morgan fingerprint density at radius 2 is 1.84 bits per heavy atom. The summed E-state index contributed by atoms with van der Waals surface area (Å²) in [4.78, 5) is 14.1. The maximum absolute atomic E-state index is 6.51. The molecule has 2 fully saturated rings. The minimum absolute atomic E-state index is 0.591. The van der Waals surface area contributed by atoms with E-state index < -0.39 is 0 Å². The van der Waals surface area contributed by atoms with Gasteiger partial charge in [0.15, 0.2) is 17.5 Å². The molecule has 4 rings (SSSR count). The Labute approximate surface area is 189 Å². The van der Waals surface area contributed by atoms with Crippen molar-refractivity contribution in [2.24, 2.45) is 0 Å². The number of aromatic nitrogens is 2. The first-order valence-electron chi connectivity index (χ1n) is 11.2. The third-order valence-electron chi connectivity index (χ3n) is 5.72. The van der Waals surface area contributed by atoms with Gasteiger partial charge in [-0.05, 0) is 23.8 Å². The number of piperazine rings is 1. The SMILES string of the molecule is COc1ccc(C=Cc2nc(NCCN3CCNCC3)c(N)c(N3CCOCC3)n2)cc1. The molecule has 0 amide bonds. The highest BCUT2D eigenvalue weighted by Gasteiger charge is 2.19. The molecule has 2 aromatic rings. The van der Waals surface area contributed by atoms with Gasteiger partial charge in [-0.1, -0.05) is 18.2 Å². The van der Waals surface area contributed by atoms with Gasteiger partial charge in [-0.2, -0.15) is 0 Å². The van der Waals surface area contributed by atoms with Crippen molar-refractivity contribution in [3.8, 4) is 5.75 Å². The van der Waals surface area contributed by atoms with Crippen LogP contribution in [0.15, 0.2) is 24.3 Å². The van der Waals surface area contributed by atoms with Crippen LogP contribution in [0, 0.1) is 0 Å². The number of nitrogens with two attached hydrogens (primary N) is 1. The van der Waals surface area contributed by atoms with Crippen LogP contribution in [0.5, 0.6) is 5.75 Å². The van der Waals surface area contributed by atoms with Crippen LogP contribution in [-0.4, -0.2) is 87.5 Å². The van der Waals surface area contributed by atoms with E-state index in [4.69, 9.17) is 25.2 Å². The minimum atomic E-state index is 0.591. The van der Waals surface area contributed by atoms with Crippen molar-refractivity contribution in [3.05, 3.63) is 35.7 Å². The van der Waals surface area contributed by atoms with Gasteiger partial charge in [-0.25, -0.2) is 9.97 Å². The van der Waals surface area contributed by atoms with Crippen molar-refractivity contribution >= 4 is 29.5 Å². The third-order valence-corrected chi connectivity index (χ3v) is 5.72. The number of nitrogen functional groups attached to an aromatic ring is 1. The number of rotatable bonds is 8. The second-order valence-electron chi connectivity index (χ2n) is 7.89. The normalized spacial score (nSPS) is 17.6. The Morgan fingerprint density at radius 3 is 2.56 bits per heavy atom. The summed E-state index contributed by atoms with van der Waals surface area (Å²) >= 11 is 0. The molecule has 0 saturated carbocycles. The lowest BCUT2D eigenvalue weighted by molar-refractivity contribution is 0.122. The average molecular weight is 440 g/mol. The Bertz CT molecular complexity index is 892. The van der Waals surface area contributed by atoms with Gasteiger partial charge >= 0.3 is 0 Å². The average Bonchev–Trinajstić information content (AvgIpc) is 2.85. The first-order valence-corrected chi connectivity index (χ1v) is 11.2. The minimum Gasteiger partial charge on any atom is -0.497 e. The van der Waals surface area contributed by atoms with Gasteiger partial charge in [0.05, 0.1) is 20.3 Å². The predicted molar refractivity (Wildman–Crippen MR) is 129 cm³/mol. The number of nitrogens with zero attached hydrogens (tertiary/aromatic N) is 4. The van der Waals surface area contributed by atoms with Gasteiger partial charge in [-0.3, -0.25) is 4.90 Å². The Kier molecular flexibility index (Phi) is 7.76. The fourth-order valence-corrected chi connectivity index (χ4v) is 3.85. The highest BCUT2D eigenvalue weighted by Crippen LogP contribution is 2.28. The van der Waals surface area contributed by atoms with E-state index in [2.05, 4.69) is 20.4 Å². The number of benzene rings is 1. The molecule has 2 aliphatic heterocycles. The highest BCUT2D eigenvalue weighted by atomic mass is 16.5. The Hall–Kier alpha value is -2.88. The van der Waals surface area contributed by atoms with E-state index in [0.29, 0.717) is 30.5 Å². The summed E-state index contributed by atoms with van der Waals surface area (Å²) in [5, 5.41) is 6.83. The van der Waals surface area contributed by atoms with Crippen LogP contribution >= 0.6 is 0 Å². The van der Waals surface area contributed by atoms with Crippen LogP contribution in [0.3, 0.4) is 0 Å². The van der Waals surface area contributed by atoms with Crippen LogP contribution in [0.2, 0.25) is 0 Å². The molecule has 172 valence electrons. The Morgan fingerprint density at radius 1 is 1.09 bits per heavy atom. The van der Waals surface area contributed by atoms with Crippen molar-refractivity contribution in [3.63, 3.8) is 0 Å². The van der Waals surface area contributed by atoms with Crippen LogP contribution < -0.4 is 26.0 Å². The van der Waals surface area contributed by atoms with E-state index >= 15 is 0 Å². The number of morpholine rings is 1. The van der Waals surface area contributed by atoms with Gasteiger partial charge in [0.1, 0.15) is 11.4 Å². The molecule has 0 atom stereocenters. The third kappa shape index (κ3) is 5.87. The number of methoxy groups -OCH3 is 1. The van der Waals surface area contributed by atoms with Gasteiger partial charge in [0, 0.05) is 52.4 Å². The summed E-state index contributed by atoms with van der Waals surface area (Å²) < 4.78 is 10.7. The van der Waals surface area contributed by atoms with Crippen molar-refractivity contribution in [2.75, 3.05) is 88.6 Å². The largest absolute Gasteiger partial charge is 0.497 e. The summed E-state index contributed by atoms with van der Waals surface area (Å²) in [7, 11) is 1.66. The zero-order valence-electron chi connectivity index (χ0n) is 18.7. The lowest BCUT2D eigenvalue weighted by atomic mass is 10.2. The monoisotopic (exact) mass is 439 g/mol. The van der Waals surface area contributed by atoms with E-state index in [0.717, 1.165) is 69.5 Å². The molecule has 0 bridgehead atoms. The second-order valence-corrected chi connectivity index (χ2v) is 7.89. The topological polar surface area (TPSA) is 101 Å². The molecule has 0 radical (unpaired) electrons. The Balaban J connectivity index is 1.52. The molecule has 9 nitrogen and oxygen atoms in total. The van der Waals surface area contributed by atoms with Crippen LogP contribution in [0.1, 0.15) is 11.4 Å². The maximum Gasteiger partial charge on any atom is 0.158 e. The smallest absolute Gasteiger partial charge is 0.158 e. The lowest BCUT2D eigenvalue weighted by Gasteiger charge is -2.30. The quantitative estimate of drug-likeness (QED) is 0.563. The van der Waals surface area contributed by atoms with Gasteiger partial charge in [-0.15, -0.1) is 0 Å². The molecule has 4 N–H and O–H groups in total. The van der Waals surface area contributed by atoms with Crippen LogP contribution in [0.4, 0.5) is 17.3 Å². The standard InChI is InChI=1S/C23H33N7O2/c1-31-19-5-2-18(3-6-19)4-7-20-27-22(26-10-13-29-11-8-25-9-12-29)21(24)23(28-20)30-14-16-32-17-15-30/h2-7,25H,8-17,24H2,1H3,(H,26,27,28). The van der Waals surface area contributed by atoms with Gasteiger partial charge < -0.3 is 30.7 Å². The fraction of sp³-hybridized carbons (Fsp3) is 0.478. The van der Waals surface area contributed by atoms with Crippen molar-refractivity contribution in [1.29, 1.82) is 0 Å². The van der Waals surface area contributed by atoms with Gasteiger partial charge in [0.2, 0.25) is 0 Å². The number of anilines is 3. The zero-order chi connectivity index (χ0) is 22.2. The van der Waals surface area contributed by atoms with Crippen molar-refractivity contribution < 1.29 is 9.47 Å². The van der Waals surface area contributed by atoms with E-state index in [9.17, 15) is 0 Å². The van der Waals surface area contributed by atoms with E-state index in [-0.39, 0.29) is 0 Å². The summed E-state index contributed by atoms with van der Waals surface area (Å²) in [6.45, 7) is 8.82. The van der Waals surface area contributed by atoms with Gasteiger partial charge in [0.25, 0.3) is 0 Å². The summed E-state index contributed by atoms with van der Waals surface area (Å²) in [6.07, 6.45) is 3.92. The fourth-order valence-electron chi connectivity index (χ4n) is 3.85. The van der Waals surface area contributed by atoms with Crippen LogP contribution in [0.25, 0.3) is 12.2 Å². The molecule has 0 aliphatic carbocycles. The molecule has 2 saturated heterocycles. The number of ether oxygens (including phenoxy) is 2. The molecule has 9 heteroatoms. The van der Waals surface area contributed by atoms with E-state index in [1.165, 1.54) is 0 Å². The molecule has 3 heterocycles. The van der Waals surface area contributed by atoms with E-state index in [1.54, 1.807) is 7.11 Å². The molecule has 1 aromatic carbocycles. The predicted octanol–water partition coefficient (Wildman–Crippen LogP) is 1.39. The van der Waals surface area contributed by atoms with Crippen molar-refractivity contribution in [1.82, 2.24) is 20.2 Å². The zero-order valence-corrected chi connectivity index (χ0v) is 18.7. The molecule has 32 heavy (non-hydrogen) atoms. The second kappa shape index (κ2) is 11.1. The molecule has 0 spiro atoms. The molecule has 0 unspecified atom stereocenters.